The Hall–Kier alpha value is -2.13. The molecule has 118 valence electrons. The fraction of sp³-hybridized carbons (Fsp3) is 0.316. The molecule has 0 aliphatic rings. The van der Waals surface area contributed by atoms with Gasteiger partial charge in [0, 0.05) is 5.69 Å². The summed E-state index contributed by atoms with van der Waals surface area (Å²) in [7, 11) is 1.78. The number of benzene rings is 2. The summed E-state index contributed by atoms with van der Waals surface area (Å²) in [6, 6.07) is 17.1. The van der Waals surface area contributed by atoms with Crippen LogP contribution in [0.1, 0.15) is 37.4 Å². The summed E-state index contributed by atoms with van der Waals surface area (Å²) < 4.78 is 0. The van der Waals surface area contributed by atoms with Crippen LogP contribution in [0.5, 0.6) is 0 Å². The number of carbonyl (C=O) groups excluding carboxylic acids is 1. The SMILES string of the molecule is CCC.CNC(C(=O)Nc1ccc(C)cc1)c1ccccc1. The lowest BCUT2D eigenvalue weighted by atomic mass is 10.1. The Kier molecular flexibility index (Phi) is 7.94. The van der Waals surface area contributed by atoms with Gasteiger partial charge in [0.2, 0.25) is 5.91 Å². The zero-order chi connectivity index (χ0) is 16.4. The minimum Gasteiger partial charge on any atom is -0.324 e. The largest absolute Gasteiger partial charge is 0.324 e. The zero-order valence-corrected chi connectivity index (χ0v) is 13.9. The van der Waals surface area contributed by atoms with Crippen LogP contribution < -0.4 is 10.6 Å². The van der Waals surface area contributed by atoms with Gasteiger partial charge in [0.1, 0.15) is 6.04 Å². The molecular formula is C19H26N2O. The molecule has 1 unspecified atom stereocenters. The molecule has 3 nitrogen and oxygen atoms in total. The van der Waals surface area contributed by atoms with Crippen molar-refractivity contribution < 1.29 is 4.79 Å². The number of hydrogen-bond acceptors (Lipinski definition) is 2. The van der Waals surface area contributed by atoms with E-state index in [2.05, 4.69) is 24.5 Å². The second kappa shape index (κ2) is 9.74. The van der Waals surface area contributed by atoms with E-state index in [9.17, 15) is 4.79 Å². The van der Waals surface area contributed by atoms with Gasteiger partial charge in [-0.1, -0.05) is 68.3 Å². The summed E-state index contributed by atoms with van der Waals surface area (Å²) in [5, 5.41) is 5.95. The number of rotatable bonds is 4. The van der Waals surface area contributed by atoms with Gasteiger partial charge >= 0.3 is 0 Å². The first-order chi connectivity index (χ1) is 10.6. The smallest absolute Gasteiger partial charge is 0.246 e. The Morgan fingerprint density at radius 2 is 1.55 bits per heavy atom. The second-order valence-electron chi connectivity index (χ2n) is 5.19. The Balaban J connectivity index is 0.000000745. The van der Waals surface area contributed by atoms with Crippen LogP contribution >= 0.6 is 0 Å². The van der Waals surface area contributed by atoms with Gasteiger partial charge in [-0.05, 0) is 31.7 Å². The van der Waals surface area contributed by atoms with Crippen LogP contribution in [0.4, 0.5) is 5.69 Å². The number of carbonyl (C=O) groups is 1. The summed E-state index contributed by atoms with van der Waals surface area (Å²) >= 11 is 0. The van der Waals surface area contributed by atoms with Gasteiger partial charge in [-0.2, -0.15) is 0 Å². The maximum Gasteiger partial charge on any atom is 0.246 e. The van der Waals surface area contributed by atoms with E-state index < -0.39 is 0 Å². The monoisotopic (exact) mass is 298 g/mol. The highest BCUT2D eigenvalue weighted by Gasteiger charge is 2.18. The lowest BCUT2D eigenvalue weighted by molar-refractivity contribution is -0.118. The molecule has 2 aromatic rings. The van der Waals surface area contributed by atoms with Crippen molar-refractivity contribution in [2.45, 2.75) is 33.2 Å². The van der Waals surface area contributed by atoms with E-state index in [1.807, 2.05) is 61.5 Å². The van der Waals surface area contributed by atoms with Gasteiger partial charge in [-0.25, -0.2) is 0 Å². The third-order valence-corrected chi connectivity index (χ3v) is 3.00. The normalized spacial score (nSPS) is 11.1. The zero-order valence-electron chi connectivity index (χ0n) is 13.9. The van der Waals surface area contributed by atoms with Crippen molar-refractivity contribution >= 4 is 11.6 Å². The van der Waals surface area contributed by atoms with Crippen molar-refractivity contribution in [1.29, 1.82) is 0 Å². The molecule has 0 spiro atoms. The molecule has 2 N–H and O–H groups in total. The predicted octanol–water partition coefficient (Wildman–Crippen LogP) is 4.31. The number of nitrogens with one attached hydrogen (secondary N) is 2. The van der Waals surface area contributed by atoms with Crippen LogP contribution in [0, 0.1) is 6.92 Å². The average Bonchev–Trinajstić information content (AvgIpc) is 2.52. The van der Waals surface area contributed by atoms with Crippen LogP contribution in [-0.4, -0.2) is 13.0 Å². The third-order valence-electron chi connectivity index (χ3n) is 3.00. The van der Waals surface area contributed by atoms with E-state index in [0.717, 1.165) is 11.3 Å². The number of anilines is 1. The van der Waals surface area contributed by atoms with Gasteiger partial charge in [0.05, 0.1) is 0 Å². The highest BCUT2D eigenvalue weighted by atomic mass is 16.2. The predicted molar refractivity (Wildman–Crippen MR) is 94.0 cm³/mol. The number of likely N-dealkylation sites (N-methyl/N-ethyl adjacent to an activating group) is 1. The highest BCUT2D eigenvalue weighted by molar-refractivity contribution is 5.95. The number of aryl methyl sites for hydroxylation is 1. The van der Waals surface area contributed by atoms with Crippen molar-refractivity contribution in [2.75, 3.05) is 12.4 Å². The summed E-state index contributed by atoms with van der Waals surface area (Å²) in [4.78, 5) is 12.3. The van der Waals surface area contributed by atoms with Gasteiger partial charge in [0.15, 0.2) is 0 Å². The fourth-order valence-electron chi connectivity index (χ4n) is 1.95. The quantitative estimate of drug-likeness (QED) is 0.883. The fourth-order valence-corrected chi connectivity index (χ4v) is 1.95. The molecule has 0 fully saturated rings. The molecule has 2 rings (SSSR count). The molecule has 1 amide bonds. The van der Waals surface area contributed by atoms with E-state index in [1.165, 1.54) is 12.0 Å². The summed E-state index contributed by atoms with van der Waals surface area (Å²) in [6.45, 7) is 6.27. The lowest BCUT2D eigenvalue weighted by Crippen LogP contribution is -2.30. The van der Waals surface area contributed by atoms with E-state index in [4.69, 9.17) is 0 Å². The first-order valence-electron chi connectivity index (χ1n) is 7.72. The molecule has 2 aromatic carbocycles. The highest BCUT2D eigenvalue weighted by Crippen LogP contribution is 2.16. The van der Waals surface area contributed by atoms with Crippen molar-refractivity contribution in [3.05, 3.63) is 65.7 Å². The van der Waals surface area contributed by atoms with Crippen molar-refractivity contribution in [3.63, 3.8) is 0 Å². The van der Waals surface area contributed by atoms with Gasteiger partial charge in [0.25, 0.3) is 0 Å². The Morgan fingerprint density at radius 3 is 2.05 bits per heavy atom. The molecule has 0 aliphatic carbocycles. The van der Waals surface area contributed by atoms with Gasteiger partial charge < -0.3 is 10.6 Å². The van der Waals surface area contributed by atoms with E-state index in [0.29, 0.717) is 0 Å². The van der Waals surface area contributed by atoms with Crippen LogP contribution in [0.15, 0.2) is 54.6 Å². The summed E-state index contributed by atoms with van der Waals surface area (Å²) in [6.07, 6.45) is 1.25. The number of hydrogen-bond donors (Lipinski definition) is 2. The Morgan fingerprint density at radius 1 is 1.00 bits per heavy atom. The van der Waals surface area contributed by atoms with Crippen LogP contribution in [0.3, 0.4) is 0 Å². The van der Waals surface area contributed by atoms with E-state index in [1.54, 1.807) is 7.05 Å². The minimum absolute atomic E-state index is 0.0578. The molecule has 0 aromatic heterocycles. The molecule has 1 atom stereocenters. The van der Waals surface area contributed by atoms with E-state index in [-0.39, 0.29) is 11.9 Å². The van der Waals surface area contributed by atoms with Crippen molar-refractivity contribution in [3.8, 4) is 0 Å². The molecule has 0 aliphatic heterocycles. The molecule has 0 radical (unpaired) electrons. The van der Waals surface area contributed by atoms with Crippen molar-refractivity contribution in [1.82, 2.24) is 5.32 Å². The van der Waals surface area contributed by atoms with Crippen LogP contribution in [0.25, 0.3) is 0 Å². The first-order valence-corrected chi connectivity index (χ1v) is 7.72. The molecule has 0 saturated carbocycles. The molecule has 3 heteroatoms. The minimum atomic E-state index is -0.345. The average molecular weight is 298 g/mol. The molecule has 0 bridgehead atoms. The molecule has 22 heavy (non-hydrogen) atoms. The third kappa shape index (κ3) is 5.70. The van der Waals surface area contributed by atoms with Crippen LogP contribution in [-0.2, 0) is 4.79 Å². The Labute approximate surface area is 133 Å². The van der Waals surface area contributed by atoms with Gasteiger partial charge in [-0.15, -0.1) is 0 Å². The maximum atomic E-state index is 12.3. The number of amides is 1. The van der Waals surface area contributed by atoms with Crippen LogP contribution in [0.2, 0.25) is 0 Å². The standard InChI is InChI=1S/C16H18N2O.C3H8/c1-12-8-10-14(11-9-12)18-16(19)15(17-2)13-6-4-3-5-7-13;1-3-2/h3-11,15,17H,1-2H3,(H,18,19);3H2,1-2H3. The van der Waals surface area contributed by atoms with E-state index >= 15 is 0 Å². The summed E-state index contributed by atoms with van der Waals surface area (Å²) in [5.41, 5.74) is 2.94. The van der Waals surface area contributed by atoms with Crippen molar-refractivity contribution in [2.24, 2.45) is 0 Å². The summed E-state index contributed by atoms with van der Waals surface area (Å²) in [5.74, 6) is -0.0578. The second-order valence-corrected chi connectivity index (χ2v) is 5.19. The molecule has 0 heterocycles. The maximum absolute atomic E-state index is 12.3. The topological polar surface area (TPSA) is 41.1 Å². The Bertz CT molecular complexity index is 549. The first kappa shape index (κ1) is 17.9. The molecule has 0 saturated heterocycles. The van der Waals surface area contributed by atoms with Gasteiger partial charge in [-0.3, -0.25) is 4.79 Å². The molecular weight excluding hydrogens is 272 g/mol. The lowest BCUT2D eigenvalue weighted by Gasteiger charge is -2.16.